The summed E-state index contributed by atoms with van der Waals surface area (Å²) in [6, 6.07) is 5.84. The number of alkyl carbamates (subject to hydrolysis) is 1. The normalized spacial score (nSPS) is 17.2. The Morgan fingerprint density at radius 3 is 2.06 bits per heavy atom. The van der Waals surface area contributed by atoms with Crippen LogP contribution < -0.4 is 15.5 Å². The number of carbonyl (C=O) groups is 3. The SMILES string of the molecule is CC(C)(C)OC(=O)NCC(Cn1cc(-c2ccc3c(c2)CCC(C(C)(ONC(=O)OC(C)(C)C)C(=O)OC(C)(C)C)O3)cn1)O[Si](C)(C)C(C)(C)C. The van der Waals surface area contributed by atoms with E-state index < -0.39 is 55.0 Å². The molecule has 2 N–H and O–H groups in total. The number of benzene rings is 1. The smallest absolute Gasteiger partial charge is 0.431 e. The number of carbonyl (C=O) groups excluding carboxylic acids is 3. The number of hydroxylamine groups is 1. The number of nitrogens with zero attached hydrogens (tertiary/aromatic N) is 2. The van der Waals surface area contributed by atoms with Crippen LogP contribution in [-0.2, 0) is 41.2 Å². The first kappa shape index (κ1) is 42.8. The van der Waals surface area contributed by atoms with Gasteiger partial charge in [0.25, 0.3) is 0 Å². The van der Waals surface area contributed by atoms with Crippen molar-refractivity contribution in [3.8, 4) is 16.9 Å². The Hall–Kier alpha value is -3.62. The molecule has 3 atom stereocenters. The predicted octanol–water partition coefficient (Wildman–Crippen LogP) is 7.72. The summed E-state index contributed by atoms with van der Waals surface area (Å²) < 4.78 is 31.4. The molecule has 0 saturated carbocycles. The van der Waals surface area contributed by atoms with Crippen molar-refractivity contribution >= 4 is 26.5 Å². The molecule has 52 heavy (non-hydrogen) atoms. The van der Waals surface area contributed by atoms with E-state index in [0.29, 0.717) is 25.1 Å². The molecule has 3 rings (SSSR count). The van der Waals surface area contributed by atoms with E-state index in [4.69, 9.17) is 28.2 Å². The molecule has 0 aliphatic carbocycles. The zero-order chi connectivity index (χ0) is 39.5. The van der Waals surface area contributed by atoms with Gasteiger partial charge in [-0.05, 0) is 123 Å². The third-order valence-electron chi connectivity index (χ3n) is 8.67. The second-order valence-corrected chi connectivity index (χ2v) is 22.9. The Morgan fingerprint density at radius 1 is 0.885 bits per heavy atom. The molecule has 1 aliphatic heterocycles. The standard InChI is InChI=1S/C38H62N4O9Si/c1-34(2,3)47-31(43)38(13,51-41-33(45)49-36(7,8)9)30-19-17-26-20-25(16-18-29(26)46-30)27-21-40-42(23-27)24-28(50-52(14,15)37(10,11)12)22-39-32(44)48-35(4,5)6/h16,18,20-21,23,28,30H,17,19,22,24H2,1-15H3,(H,39,44)(H,41,45). The Balaban J connectivity index is 1.80. The highest BCUT2D eigenvalue weighted by Crippen LogP contribution is 2.38. The summed E-state index contributed by atoms with van der Waals surface area (Å²) in [4.78, 5) is 44.2. The average Bonchev–Trinajstić information content (AvgIpc) is 3.43. The summed E-state index contributed by atoms with van der Waals surface area (Å²) in [5, 5.41) is 7.49. The van der Waals surface area contributed by atoms with Gasteiger partial charge in [-0.2, -0.15) is 10.6 Å². The highest BCUT2D eigenvalue weighted by atomic mass is 28.4. The van der Waals surface area contributed by atoms with Crippen molar-refractivity contribution in [1.29, 1.82) is 0 Å². The van der Waals surface area contributed by atoms with Gasteiger partial charge in [-0.15, -0.1) is 0 Å². The average molecular weight is 747 g/mol. The molecule has 2 aromatic rings. The molecule has 0 fully saturated rings. The van der Waals surface area contributed by atoms with Crippen molar-refractivity contribution in [1.82, 2.24) is 20.6 Å². The Bertz CT molecular complexity index is 1560. The number of nitrogens with one attached hydrogen (secondary N) is 2. The van der Waals surface area contributed by atoms with Crippen molar-refractivity contribution in [2.24, 2.45) is 0 Å². The molecule has 2 heterocycles. The van der Waals surface area contributed by atoms with Gasteiger partial charge in [-0.3, -0.25) is 4.68 Å². The lowest BCUT2D eigenvalue weighted by atomic mass is 9.89. The van der Waals surface area contributed by atoms with Gasteiger partial charge in [0, 0.05) is 18.3 Å². The van der Waals surface area contributed by atoms with Crippen molar-refractivity contribution in [3.05, 3.63) is 36.2 Å². The van der Waals surface area contributed by atoms with Gasteiger partial charge >= 0.3 is 18.2 Å². The number of amides is 2. The fourth-order valence-electron chi connectivity index (χ4n) is 5.09. The van der Waals surface area contributed by atoms with E-state index in [0.717, 1.165) is 16.7 Å². The van der Waals surface area contributed by atoms with Crippen LogP contribution >= 0.6 is 0 Å². The molecular formula is C38H62N4O9Si. The fraction of sp³-hybridized carbons (Fsp3) is 0.684. The van der Waals surface area contributed by atoms with Crippen molar-refractivity contribution in [2.75, 3.05) is 6.54 Å². The minimum absolute atomic E-state index is 0.0261. The second-order valence-electron chi connectivity index (χ2n) is 18.1. The largest absolute Gasteiger partial charge is 0.486 e. The number of aromatic nitrogens is 2. The van der Waals surface area contributed by atoms with Crippen LogP contribution in [0.4, 0.5) is 9.59 Å². The highest BCUT2D eigenvalue weighted by molar-refractivity contribution is 6.74. The number of aryl methyl sites for hydroxylation is 1. The van der Waals surface area contributed by atoms with Gasteiger partial charge in [0.15, 0.2) is 8.32 Å². The van der Waals surface area contributed by atoms with E-state index in [1.807, 2.05) is 49.8 Å². The van der Waals surface area contributed by atoms with Crippen LogP contribution in [0.1, 0.15) is 102 Å². The van der Waals surface area contributed by atoms with Crippen molar-refractivity contribution < 1.29 is 42.6 Å². The lowest BCUT2D eigenvalue weighted by Gasteiger charge is -2.39. The van der Waals surface area contributed by atoms with Gasteiger partial charge in [-0.25, -0.2) is 19.2 Å². The first-order chi connectivity index (χ1) is 23.6. The Labute approximate surface area is 310 Å². The van der Waals surface area contributed by atoms with Crippen molar-refractivity contribution in [3.63, 3.8) is 0 Å². The van der Waals surface area contributed by atoms with Gasteiger partial charge in [0.05, 0.1) is 18.8 Å². The molecule has 0 radical (unpaired) electrons. The first-order valence-corrected chi connectivity index (χ1v) is 20.9. The minimum Gasteiger partial charge on any atom is -0.486 e. The fourth-order valence-corrected chi connectivity index (χ4v) is 6.44. The summed E-state index contributed by atoms with van der Waals surface area (Å²) in [6.07, 6.45) is 2.32. The number of fused-ring (bicyclic) bond motifs is 1. The van der Waals surface area contributed by atoms with Crippen LogP contribution in [0, 0.1) is 0 Å². The summed E-state index contributed by atoms with van der Waals surface area (Å²) in [7, 11) is -2.19. The van der Waals surface area contributed by atoms with Gasteiger partial charge in [0.1, 0.15) is 28.7 Å². The molecular weight excluding hydrogens is 685 g/mol. The quantitative estimate of drug-likeness (QED) is 0.101. The molecule has 14 heteroatoms. The molecule has 0 bridgehead atoms. The number of hydrogen-bond donors (Lipinski definition) is 2. The maximum atomic E-state index is 13.5. The van der Waals surface area contributed by atoms with Crippen LogP contribution in [0.2, 0.25) is 18.1 Å². The topological polar surface area (TPSA) is 148 Å². The maximum Gasteiger partial charge on any atom is 0.431 e. The second kappa shape index (κ2) is 15.8. The van der Waals surface area contributed by atoms with Crippen LogP contribution in [-0.4, -0.2) is 77.4 Å². The number of hydrogen-bond acceptors (Lipinski definition) is 10. The summed E-state index contributed by atoms with van der Waals surface area (Å²) >= 11 is 0. The molecule has 13 nitrogen and oxygen atoms in total. The lowest BCUT2D eigenvalue weighted by Crippen LogP contribution is -2.58. The number of rotatable bonds is 11. The third-order valence-corrected chi connectivity index (χ3v) is 13.2. The van der Waals surface area contributed by atoms with E-state index >= 15 is 0 Å². The molecule has 3 unspecified atom stereocenters. The van der Waals surface area contributed by atoms with Gasteiger partial charge in [-0.1, -0.05) is 26.8 Å². The monoisotopic (exact) mass is 746 g/mol. The van der Waals surface area contributed by atoms with E-state index in [1.54, 1.807) is 54.7 Å². The molecule has 0 saturated heterocycles. The highest BCUT2D eigenvalue weighted by Gasteiger charge is 2.50. The number of esters is 1. The predicted molar refractivity (Wildman–Crippen MR) is 201 cm³/mol. The molecule has 292 valence electrons. The van der Waals surface area contributed by atoms with Crippen LogP contribution in [0.25, 0.3) is 11.1 Å². The third kappa shape index (κ3) is 12.5. The van der Waals surface area contributed by atoms with Crippen LogP contribution in [0.5, 0.6) is 5.75 Å². The summed E-state index contributed by atoms with van der Waals surface area (Å²) in [5.74, 6) is -0.0789. The van der Waals surface area contributed by atoms with Gasteiger partial charge < -0.3 is 28.7 Å². The molecule has 0 spiro atoms. The zero-order valence-electron chi connectivity index (χ0n) is 33.9. The van der Waals surface area contributed by atoms with E-state index in [2.05, 4.69) is 49.8 Å². The molecule has 1 aromatic carbocycles. The number of ether oxygens (including phenoxy) is 4. The molecule has 1 aliphatic rings. The van der Waals surface area contributed by atoms with Crippen LogP contribution in [0.15, 0.2) is 30.6 Å². The van der Waals surface area contributed by atoms with Crippen LogP contribution in [0.3, 0.4) is 0 Å². The summed E-state index contributed by atoms with van der Waals surface area (Å²) in [5.41, 5.74) is 1.22. The molecule has 2 amide bonds. The minimum atomic E-state index is -2.19. The van der Waals surface area contributed by atoms with Crippen molar-refractivity contribution in [2.45, 2.75) is 162 Å². The first-order valence-electron chi connectivity index (χ1n) is 17.9. The lowest BCUT2D eigenvalue weighted by molar-refractivity contribution is -0.205. The Morgan fingerprint density at radius 2 is 1.48 bits per heavy atom. The Kier molecular flexibility index (Phi) is 13.0. The van der Waals surface area contributed by atoms with E-state index in [9.17, 15) is 14.4 Å². The summed E-state index contributed by atoms with van der Waals surface area (Å²) in [6.45, 7) is 29.1. The molecule has 1 aromatic heterocycles. The zero-order valence-corrected chi connectivity index (χ0v) is 34.9. The van der Waals surface area contributed by atoms with Gasteiger partial charge in [0.2, 0.25) is 5.60 Å². The van der Waals surface area contributed by atoms with E-state index in [1.165, 1.54) is 0 Å². The maximum absolute atomic E-state index is 13.5. The van der Waals surface area contributed by atoms with E-state index in [-0.39, 0.29) is 17.7 Å².